The highest BCUT2D eigenvalue weighted by atomic mass is 79.9. The summed E-state index contributed by atoms with van der Waals surface area (Å²) in [6.45, 7) is 0. The van der Waals surface area contributed by atoms with Crippen LogP contribution in [0.3, 0.4) is 0 Å². The Balaban J connectivity index is 2.09. The van der Waals surface area contributed by atoms with Crippen molar-refractivity contribution in [3.05, 3.63) is 80.6 Å². The van der Waals surface area contributed by atoms with Crippen molar-refractivity contribution in [3.8, 4) is 17.2 Å². The number of aliphatic hydroxyl groups is 1. The van der Waals surface area contributed by atoms with Gasteiger partial charge in [0.25, 0.3) is 5.56 Å². The van der Waals surface area contributed by atoms with E-state index in [1.165, 1.54) is 4.57 Å². The topological polar surface area (TPSA) is 66.0 Å². The van der Waals surface area contributed by atoms with Crippen molar-refractivity contribution in [3.63, 3.8) is 0 Å². The van der Waals surface area contributed by atoms with E-state index in [0.29, 0.717) is 22.0 Å². The van der Waals surface area contributed by atoms with E-state index in [-0.39, 0.29) is 5.56 Å². The molecule has 1 atom stereocenters. The molecule has 0 amide bonds. The Labute approximate surface area is 156 Å². The van der Waals surface area contributed by atoms with Crippen molar-refractivity contribution < 1.29 is 5.11 Å². The van der Waals surface area contributed by atoms with Crippen LogP contribution in [0, 0.1) is 11.3 Å². The summed E-state index contributed by atoms with van der Waals surface area (Å²) >= 11 is 3.56. The van der Waals surface area contributed by atoms with Crippen LogP contribution in [0.15, 0.2) is 63.9 Å². The predicted molar refractivity (Wildman–Crippen MR) is 104 cm³/mol. The second-order valence-corrected chi connectivity index (χ2v) is 7.27. The molecule has 2 heterocycles. The maximum absolute atomic E-state index is 13.1. The van der Waals surface area contributed by atoms with Gasteiger partial charge in [-0.15, -0.1) is 0 Å². The van der Waals surface area contributed by atoms with Gasteiger partial charge in [-0.05, 0) is 41.3 Å². The number of benzene rings is 3. The molecule has 1 aliphatic rings. The summed E-state index contributed by atoms with van der Waals surface area (Å²) in [5.41, 5.74) is 3.20. The monoisotopic (exact) mass is 402 g/mol. The van der Waals surface area contributed by atoms with Gasteiger partial charge in [0.1, 0.15) is 0 Å². The Bertz CT molecular complexity index is 1350. The van der Waals surface area contributed by atoms with Crippen molar-refractivity contribution in [2.75, 3.05) is 0 Å². The molecule has 0 spiro atoms. The van der Waals surface area contributed by atoms with Crippen LogP contribution in [-0.4, -0.2) is 9.67 Å². The number of aromatic nitrogens is 1. The summed E-state index contributed by atoms with van der Waals surface area (Å²) in [4.78, 5) is 13.1. The van der Waals surface area contributed by atoms with Gasteiger partial charge in [-0.2, -0.15) is 5.26 Å². The van der Waals surface area contributed by atoms with E-state index in [4.69, 9.17) is 0 Å². The SMILES string of the molecule is N#Cc1ccc2c(c1)-c1cc(Br)cc3c4ccccc4c(=O)n(c13)C2O. The number of hydrogen-bond donors (Lipinski definition) is 1. The smallest absolute Gasteiger partial charge is 0.261 e. The molecule has 1 unspecified atom stereocenters. The van der Waals surface area contributed by atoms with Gasteiger partial charge in [0.15, 0.2) is 6.23 Å². The standard InChI is InChI=1S/C21H11BrN2O2/c22-12-8-17-13-3-1-2-4-14(13)20(25)24-19(17)18(9-12)16-7-11(10-23)5-6-15(16)21(24)26/h1-9,21,26H. The third-order valence-corrected chi connectivity index (χ3v) is 5.44. The zero-order valence-electron chi connectivity index (χ0n) is 13.4. The fourth-order valence-electron chi connectivity index (χ4n) is 3.86. The molecular formula is C21H11BrN2O2. The van der Waals surface area contributed by atoms with E-state index in [9.17, 15) is 15.2 Å². The molecule has 4 aromatic rings. The number of fused-ring (bicyclic) bond motifs is 4. The van der Waals surface area contributed by atoms with Gasteiger partial charge in [-0.1, -0.05) is 40.2 Å². The van der Waals surface area contributed by atoms with Crippen LogP contribution in [0.1, 0.15) is 17.4 Å². The lowest BCUT2D eigenvalue weighted by Crippen LogP contribution is -2.29. The quantitative estimate of drug-likeness (QED) is 0.445. The van der Waals surface area contributed by atoms with E-state index in [2.05, 4.69) is 22.0 Å². The first-order valence-corrected chi connectivity index (χ1v) is 8.88. The Morgan fingerprint density at radius 2 is 1.77 bits per heavy atom. The van der Waals surface area contributed by atoms with Gasteiger partial charge in [0.05, 0.1) is 17.1 Å². The van der Waals surface area contributed by atoms with Gasteiger partial charge in [-0.25, -0.2) is 0 Å². The zero-order valence-corrected chi connectivity index (χ0v) is 15.0. The van der Waals surface area contributed by atoms with Crippen LogP contribution in [-0.2, 0) is 0 Å². The van der Waals surface area contributed by atoms with E-state index in [1.54, 1.807) is 24.3 Å². The van der Waals surface area contributed by atoms with Crippen molar-refractivity contribution in [2.24, 2.45) is 0 Å². The molecule has 4 nitrogen and oxygen atoms in total. The first kappa shape index (κ1) is 15.3. The van der Waals surface area contributed by atoms with Gasteiger partial charge >= 0.3 is 0 Å². The minimum absolute atomic E-state index is 0.223. The molecule has 124 valence electrons. The van der Waals surface area contributed by atoms with Crippen LogP contribution >= 0.6 is 15.9 Å². The lowest BCUT2D eigenvalue weighted by molar-refractivity contribution is 0.147. The molecule has 0 saturated heterocycles. The van der Waals surface area contributed by atoms with Crippen molar-refractivity contribution in [1.29, 1.82) is 5.26 Å². The highest BCUT2D eigenvalue weighted by Crippen LogP contribution is 2.43. The lowest BCUT2D eigenvalue weighted by Gasteiger charge is -2.28. The molecule has 0 saturated carbocycles. The Morgan fingerprint density at radius 3 is 2.54 bits per heavy atom. The highest BCUT2D eigenvalue weighted by Gasteiger charge is 2.28. The minimum Gasteiger partial charge on any atom is -0.369 e. The molecule has 0 bridgehead atoms. The number of rotatable bonds is 0. The van der Waals surface area contributed by atoms with Crippen molar-refractivity contribution in [2.45, 2.75) is 6.23 Å². The molecule has 0 aliphatic carbocycles. The molecule has 3 aromatic carbocycles. The summed E-state index contributed by atoms with van der Waals surface area (Å²) in [5, 5.41) is 22.5. The summed E-state index contributed by atoms with van der Waals surface area (Å²) in [6.07, 6.45) is -1.09. The number of aliphatic hydroxyl groups excluding tert-OH is 1. The van der Waals surface area contributed by atoms with Crippen LogP contribution in [0.4, 0.5) is 0 Å². The maximum Gasteiger partial charge on any atom is 0.261 e. The van der Waals surface area contributed by atoms with E-state index < -0.39 is 6.23 Å². The third kappa shape index (κ3) is 1.88. The number of pyridine rings is 1. The van der Waals surface area contributed by atoms with Gasteiger partial charge in [0.2, 0.25) is 0 Å². The van der Waals surface area contributed by atoms with Gasteiger partial charge < -0.3 is 5.11 Å². The Morgan fingerprint density at radius 1 is 1.00 bits per heavy atom. The molecule has 1 aliphatic heterocycles. The first-order valence-electron chi connectivity index (χ1n) is 8.09. The highest BCUT2D eigenvalue weighted by molar-refractivity contribution is 9.10. The Hall–Kier alpha value is -2.94. The second kappa shape index (κ2) is 5.28. The van der Waals surface area contributed by atoms with E-state index >= 15 is 0 Å². The fourth-order valence-corrected chi connectivity index (χ4v) is 4.32. The number of hydrogen-bond acceptors (Lipinski definition) is 3. The van der Waals surface area contributed by atoms with E-state index in [0.717, 1.165) is 26.4 Å². The number of nitriles is 1. The normalized spacial score (nSPS) is 15.0. The van der Waals surface area contributed by atoms with Gasteiger partial charge in [-0.3, -0.25) is 9.36 Å². The molecule has 5 heteroatoms. The summed E-state index contributed by atoms with van der Waals surface area (Å²) in [6, 6.07) is 18.6. The summed E-state index contributed by atoms with van der Waals surface area (Å²) in [5.74, 6) is 0. The molecule has 26 heavy (non-hydrogen) atoms. The number of halogens is 1. The second-order valence-electron chi connectivity index (χ2n) is 6.36. The average Bonchev–Trinajstić information content (AvgIpc) is 2.67. The Kier molecular flexibility index (Phi) is 3.11. The minimum atomic E-state index is -1.09. The predicted octanol–water partition coefficient (Wildman–Crippen LogP) is 4.31. The van der Waals surface area contributed by atoms with E-state index in [1.807, 2.05) is 30.3 Å². The van der Waals surface area contributed by atoms with Crippen LogP contribution in [0.5, 0.6) is 0 Å². The molecule has 1 N–H and O–H groups in total. The van der Waals surface area contributed by atoms with Crippen molar-refractivity contribution in [1.82, 2.24) is 4.57 Å². The summed E-state index contributed by atoms with van der Waals surface area (Å²) < 4.78 is 2.33. The first-order chi connectivity index (χ1) is 12.6. The van der Waals surface area contributed by atoms with Crippen LogP contribution in [0.2, 0.25) is 0 Å². The van der Waals surface area contributed by atoms with Gasteiger partial charge in [0, 0.05) is 26.4 Å². The average molecular weight is 403 g/mol. The molecule has 1 aromatic heterocycles. The maximum atomic E-state index is 13.1. The zero-order chi connectivity index (χ0) is 18.0. The number of nitrogens with zero attached hydrogens (tertiary/aromatic N) is 2. The van der Waals surface area contributed by atoms with Crippen LogP contribution < -0.4 is 5.56 Å². The van der Waals surface area contributed by atoms with Crippen molar-refractivity contribution >= 4 is 37.6 Å². The molecule has 0 fully saturated rings. The molecular weight excluding hydrogens is 392 g/mol. The largest absolute Gasteiger partial charge is 0.369 e. The lowest BCUT2D eigenvalue weighted by atomic mass is 9.90. The fraction of sp³-hybridized carbons (Fsp3) is 0.0476. The molecule has 0 radical (unpaired) electrons. The molecule has 5 rings (SSSR count). The van der Waals surface area contributed by atoms with Crippen LogP contribution in [0.25, 0.3) is 32.8 Å². The third-order valence-electron chi connectivity index (χ3n) is 4.98. The summed E-state index contributed by atoms with van der Waals surface area (Å²) in [7, 11) is 0.